The normalized spacial score (nSPS) is 18.3. The molecule has 176 valence electrons. The summed E-state index contributed by atoms with van der Waals surface area (Å²) in [5.41, 5.74) is 0.949. The fraction of sp³-hybridized carbons (Fsp3) is 0.292. The van der Waals surface area contributed by atoms with Crippen molar-refractivity contribution in [2.24, 2.45) is 17.4 Å². The van der Waals surface area contributed by atoms with Crippen molar-refractivity contribution in [1.82, 2.24) is 19.8 Å². The molecule has 0 spiro atoms. The minimum atomic E-state index is -3.69. The van der Waals surface area contributed by atoms with E-state index in [1.165, 1.54) is 6.07 Å². The molecule has 1 saturated heterocycles. The van der Waals surface area contributed by atoms with Crippen molar-refractivity contribution >= 4 is 21.8 Å². The van der Waals surface area contributed by atoms with Crippen molar-refractivity contribution in [2.45, 2.75) is 23.8 Å². The molecule has 3 heterocycles. The number of imidazole rings is 1. The lowest BCUT2D eigenvalue weighted by molar-refractivity contribution is -0.126. The number of hydrogen-bond donors (Lipinski definition) is 1. The van der Waals surface area contributed by atoms with E-state index in [0.29, 0.717) is 48.7 Å². The molecular formula is C24H24FN5O3S. The summed E-state index contributed by atoms with van der Waals surface area (Å²) in [6, 6.07) is 12.4. The lowest BCUT2D eigenvalue weighted by Crippen LogP contribution is -2.44. The molecule has 3 aromatic rings. The Hall–Kier alpha value is -3.53. The summed E-state index contributed by atoms with van der Waals surface area (Å²) in [4.78, 5) is 19.7. The number of nitrogens with zero attached hydrogens (tertiary/aromatic N) is 4. The average molecular weight is 482 g/mol. The largest absolute Gasteiger partial charge is 0.355 e. The molecule has 0 aliphatic carbocycles. The molecule has 2 aliphatic heterocycles. The van der Waals surface area contributed by atoms with Gasteiger partial charge in [0, 0.05) is 49.6 Å². The van der Waals surface area contributed by atoms with Gasteiger partial charge in [0.05, 0.1) is 0 Å². The van der Waals surface area contributed by atoms with Gasteiger partial charge in [0.1, 0.15) is 22.6 Å². The average Bonchev–Trinajstić information content (AvgIpc) is 3.38. The third-order valence-corrected chi connectivity index (χ3v) is 7.72. The minimum absolute atomic E-state index is 0.183. The van der Waals surface area contributed by atoms with Crippen LogP contribution in [0.1, 0.15) is 35.8 Å². The van der Waals surface area contributed by atoms with Gasteiger partial charge in [-0.3, -0.25) is 4.79 Å². The number of rotatable bonds is 4. The van der Waals surface area contributed by atoms with Crippen molar-refractivity contribution in [1.29, 1.82) is 0 Å². The van der Waals surface area contributed by atoms with Crippen LogP contribution in [0.2, 0.25) is 0 Å². The van der Waals surface area contributed by atoms with Crippen LogP contribution >= 0.6 is 0 Å². The SMILES string of the molecule is Cn1ccnc1C(NC(=O)C1CCN(C2=NS(=O)(=O)c3ccccc32)CC1)c1ccccc1F. The molecule has 8 nitrogen and oxygen atoms in total. The topological polar surface area (TPSA) is 96.7 Å². The van der Waals surface area contributed by atoms with Crippen LogP contribution in [0.25, 0.3) is 0 Å². The first-order valence-electron chi connectivity index (χ1n) is 11.1. The number of aromatic nitrogens is 2. The number of aryl methyl sites for hydroxylation is 1. The lowest BCUT2D eigenvalue weighted by atomic mass is 9.94. The van der Waals surface area contributed by atoms with Crippen LogP contribution in [0.4, 0.5) is 4.39 Å². The predicted molar refractivity (Wildman–Crippen MR) is 124 cm³/mol. The number of carbonyl (C=O) groups excluding carboxylic acids is 1. The number of amides is 1. The van der Waals surface area contributed by atoms with Gasteiger partial charge in [-0.15, -0.1) is 4.40 Å². The number of nitrogens with one attached hydrogen (secondary N) is 1. The van der Waals surface area contributed by atoms with Crippen LogP contribution in [-0.2, 0) is 21.9 Å². The van der Waals surface area contributed by atoms with Gasteiger partial charge >= 0.3 is 0 Å². The molecule has 1 aromatic heterocycles. The van der Waals surface area contributed by atoms with Gasteiger partial charge in [-0.1, -0.05) is 30.3 Å². The van der Waals surface area contributed by atoms with E-state index in [2.05, 4.69) is 14.7 Å². The number of fused-ring (bicyclic) bond motifs is 1. The van der Waals surface area contributed by atoms with Gasteiger partial charge in [0.15, 0.2) is 5.84 Å². The monoisotopic (exact) mass is 481 g/mol. The first-order chi connectivity index (χ1) is 16.3. The second-order valence-electron chi connectivity index (χ2n) is 8.51. The Balaban J connectivity index is 1.31. The van der Waals surface area contributed by atoms with Crippen molar-refractivity contribution in [3.63, 3.8) is 0 Å². The summed E-state index contributed by atoms with van der Waals surface area (Å²) in [5.74, 6) is 0.0892. The highest BCUT2D eigenvalue weighted by Gasteiger charge is 2.35. The van der Waals surface area contributed by atoms with E-state index in [-0.39, 0.29) is 16.7 Å². The fourth-order valence-corrected chi connectivity index (χ4v) is 5.80. The zero-order valence-corrected chi connectivity index (χ0v) is 19.4. The van der Waals surface area contributed by atoms with E-state index >= 15 is 0 Å². The van der Waals surface area contributed by atoms with Gasteiger partial charge in [-0.05, 0) is 31.0 Å². The molecule has 10 heteroatoms. The molecule has 1 atom stereocenters. The Labute approximate surface area is 197 Å². The fourth-order valence-electron chi connectivity index (χ4n) is 4.58. The number of piperidine rings is 1. The van der Waals surface area contributed by atoms with Crippen LogP contribution in [0, 0.1) is 11.7 Å². The molecule has 0 radical (unpaired) electrons. The zero-order valence-electron chi connectivity index (χ0n) is 18.6. The Kier molecular flexibility index (Phi) is 5.68. The highest BCUT2D eigenvalue weighted by molar-refractivity contribution is 7.90. The zero-order chi connectivity index (χ0) is 23.9. The lowest BCUT2D eigenvalue weighted by Gasteiger charge is -2.33. The van der Waals surface area contributed by atoms with E-state index in [4.69, 9.17) is 0 Å². The number of benzene rings is 2. The second kappa shape index (κ2) is 8.68. The second-order valence-corrected chi connectivity index (χ2v) is 10.1. The molecule has 5 rings (SSSR count). The molecule has 1 unspecified atom stereocenters. The summed E-state index contributed by atoms with van der Waals surface area (Å²) in [6.07, 6.45) is 4.42. The maximum Gasteiger partial charge on any atom is 0.285 e. The van der Waals surface area contributed by atoms with Crippen LogP contribution < -0.4 is 5.32 Å². The van der Waals surface area contributed by atoms with Gasteiger partial charge < -0.3 is 14.8 Å². The van der Waals surface area contributed by atoms with E-state index in [0.717, 1.165) is 0 Å². The summed E-state index contributed by atoms with van der Waals surface area (Å²) in [6.45, 7) is 0.987. The Bertz CT molecular complexity index is 1380. The number of likely N-dealkylation sites (tertiary alicyclic amines) is 1. The van der Waals surface area contributed by atoms with E-state index in [1.807, 2.05) is 4.90 Å². The molecule has 34 heavy (non-hydrogen) atoms. The van der Waals surface area contributed by atoms with Gasteiger partial charge in [0.2, 0.25) is 5.91 Å². The molecule has 2 aromatic carbocycles. The Morgan fingerprint density at radius 3 is 2.53 bits per heavy atom. The summed E-state index contributed by atoms with van der Waals surface area (Å²) in [5, 5.41) is 2.99. The molecular weight excluding hydrogens is 457 g/mol. The highest BCUT2D eigenvalue weighted by atomic mass is 32.2. The van der Waals surface area contributed by atoms with Crippen LogP contribution in [0.5, 0.6) is 0 Å². The number of halogens is 1. The molecule has 0 saturated carbocycles. The summed E-state index contributed by atoms with van der Waals surface area (Å²) >= 11 is 0. The van der Waals surface area contributed by atoms with E-state index in [1.54, 1.807) is 66.5 Å². The Morgan fingerprint density at radius 1 is 1.12 bits per heavy atom. The van der Waals surface area contributed by atoms with Crippen LogP contribution in [-0.4, -0.2) is 47.7 Å². The molecule has 1 fully saturated rings. The third-order valence-electron chi connectivity index (χ3n) is 6.40. The van der Waals surface area contributed by atoms with Crippen LogP contribution in [0.15, 0.2) is 70.2 Å². The van der Waals surface area contributed by atoms with Crippen LogP contribution in [0.3, 0.4) is 0 Å². The number of carbonyl (C=O) groups is 1. The maximum absolute atomic E-state index is 14.6. The van der Waals surface area contributed by atoms with Gasteiger partial charge in [0.25, 0.3) is 10.0 Å². The quantitative estimate of drug-likeness (QED) is 0.618. The standard InChI is InChI=1S/C24H24FN5O3S/c1-29-15-12-26-23(29)21(17-6-2-4-8-19(17)25)27-24(31)16-10-13-30(14-11-16)22-18-7-3-5-9-20(18)34(32,33)28-22/h2-9,12,15-16,21H,10-11,13-14H2,1H3,(H,27,31). The van der Waals surface area contributed by atoms with Gasteiger partial charge in [-0.25, -0.2) is 9.37 Å². The van der Waals surface area contributed by atoms with Crippen molar-refractivity contribution in [2.75, 3.05) is 13.1 Å². The first kappa shape index (κ1) is 22.3. The smallest absolute Gasteiger partial charge is 0.285 e. The number of hydrogen-bond acceptors (Lipinski definition) is 5. The van der Waals surface area contributed by atoms with E-state index < -0.39 is 21.9 Å². The molecule has 0 bridgehead atoms. The Morgan fingerprint density at radius 2 is 1.82 bits per heavy atom. The third kappa shape index (κ3) is 3.98. The first-order valence-corrected chi connectivity index (χ1v) is 12.5. The summed E-state index contributed by atoms with van der Waals surface area (Å²) < 4.78 is 45.1. The van der Waals surface area contributed by atoms with Crippen molar-refractivity contribution < 1.29 is 17.6 Å². The summed E-state index contributed by atoms with van der Waals surface area (Å²) in [7, 11) is -1.89. The molecule has 1 amide bonds. The predicted octanol–water partition coefficient (Wildman–Crippen LogP) is 2.63. The number of amidine groups is 1. The van der Waals surface area contributed by atoms with Crippen molar-refractivity contribution in [3.05, 3.63) is 83.7 Å². The molecule has 2 aliphatic rings. The van der Waals surface area contributed by atoms with Crippen molar-refractivity contribution in [3.8, 4) is 0 Å². The molecule has 1 N–H and O–H groups in total. The van der Waals surface area contributed by atoms with E-state index in [9.17, 15) is 17.6 Å². The number of sulfonamides is 1. The maximum atomic E-state index is 14.6. The highest BCUT2D eigenvalue weighted by Crippen LogP contribution is 2.30. The minimum Gasteiger partial charge on any atom is -0.355 e. The van der Waals surface area contributed by atoms with Gasteiger partial charge in [-0.2, -0.15) is 8.42 Å².